The van der Waals surface area contributed by atoms with E-state index in [1.54, 1.807) is 20.8 Å². The summed E-state index contributed by atoms with van der Waals surface area (Å²) in [6, 6.07) is 0.472. The van der Waals surface area contributed by atoms with E-state index in [2.05, 4.69) is 5.32 Å². The number of halogens is 3. The molecule has 2 aliphatic heterocycles. The number of hydrogen-bond acceptors (Lipinski definition) is 3. The lowest BCUT2D eigenvalue weighted by Gasteiger charge is -2.42. The van der Waals surface area contributed by atoms with Crippen LogP contribution in [0.3, 0.4) is 0 Å². The molecule has 0 aliphatic carbocycles. The molecular weight excluding hydrogens is 395 g/mol. The molecule has 0 unspecified atom stereocenters. The SMILES string of the molecule is CC(C)C(=O)N[C@@H](C)C(=O)N1[C@@H]2CC[C@H]1C[C@H]([C@H](N)Cc1cc(F)c(F)cc1F)C2. The van der Waals surface area contributed by atoms with E-state index in [0.29, 0.717) is 18.9 Å². The van der Waals surface area contributed by atoms with E-state index in [1.165, 1.54) is 0 Å². The van der Waals surface area contributed by atoms with Crippen LogP contribution in [0.5, 0.6) is 0 Å². The largest absolute Gasteiger partial charge is 0.344 e. The number of nitrogens with one attached hydrogen (secondary N) is 1. The third-order valence-corrected chi connectivity index (χ3v) is 6.43. The van der Waals surface area contributed by atoms with Crippen molar-refractivity contribution in [1.82, 2.24) is 10.2 Å². The zero-order chi connectivity index (χ0) is 22.2. The summed E-state index contributed by atoms with van der Waals surface area (Å²) in [6.45, 7) is 5.25. The number of benzene rings is 1. The molecule has 2 saturated heterocycles. The molecule has 1 aromatic rings. The summed E-state index contributed by atoms with van der Waals surface area (Å²) in [7, 11) is 0. The number of hydrogen-bond donors (Lipinski definition) is 2. The number of fused-ring (bicyclic) bond motifs is 2. The van der Waals surface area contributed by atoms with Crippen LogP contribution < -0.4 is 11.1 Å². The molecular formula is C22H30F3N3O2. The second-order valence-corrected chi connectivity index (χ2v) is 8.97. The van der Waals surface area contributed by atoms with Gasteiger partial charge in [0.1, 0.15) is 11.9 Å². The van der Waals surface area contributed by atoms with Crippen molar-refractivity contribution in [2.24, 2.45) is 17.6 Å². The van der Waals surface area contributed by atoms with Crippen molar-refractivity contribution in [3.8, 4) is 0 Å². The fourth-order valence-corrected chi connectivity index (χ4v) is 4.73. The van der Waals surface area contributed by atoms with E-state index in [-0.39, 0.29) is 47.7 Å². The summed E-state index contributed by atoms with van der Waals surface area (Å²) in [5.41, 5.74) is 6.39. The Kier molecular flexibility index (Phi) is 6.75. The number of nitrogens with zero attached hydrogens (tertiary/aromatic N) is 1. The fraction of sp³-hybridized carbons (Fsp3) is 0.636. The highest BCUT2D eigenvalue weighted by Gasteiger charge is 2.45. The normalized spacial score (nSPS) is 25.3. The minimum absolute atomic E-state index is 0.0282. The van der Waals surface area contributed by atoms with Crippen LogP contribution >= 0.6 is 0 Å². The monoisotopic (exact) mass is 425 g/mol. The van der Waals surface area contributed by atoms with Gasteiger partial charge in [-0.2, -0.15) is 0 Å². The van der Waals surface area contributed by atoms with Gasteiger partial charge < -0.3 is 16.0 Å². The molecule has 5 nitrogen and oxygen atoms in total. The first-order valence-electron chi connectivity index (χ1n) is 10.6. The number of rotatable bonds is 6. The van der Waals surface area contributed by atoms with Crippen LogP contribution in [0.2, 0.25) is 0 Å². The highest BCUT2D eigenvalue weighted by atomic mass is 19.2. The van der Waals surface area contributed by atoms with Crippen LogP contribution in [0.25, 0.3) is 0 Å². The standard InChI is InChI=1S/C22H30F3N3O2/c1-11(2)21(29)27-12(3)22(30)28-15-4-5-16(28)7-14(6-15)20(26)9-13-8-18(24)19(25)10-17(13)23/h8,10-12,14-16,20H,4-7,9,26H2,1-3H3,(H,27,29)/t12-,14-,15-,16+,20+/m0/s1. The second kappa shape index (κ2) is 8.96. The average Bonchev–Trinajstić information content (AvgIpc) is 2.94. The molecule has 3 N–H and O–H groups in total. The van der Waals surface area contributed by atoms with Gasteiger partial charge in [0.25, 0.3) is 0 Å². The Balaban J connectivity index is 1.63. The Bertz CT molecular complexity index is 803. The maximum Gasteiger partial charge on any atom is 0.245 e. The topological polar surface area (TPSA) is 75.4 Å². The molecule has 5 atom stereocenters. The Hall–Kier alpha value is -2.09. The summed E-state index contributed by atoms with van der Waals surface area (Å²) < 4.78 is 40.6. The lowest BCUT2D eigenvalue weighted by atomic mass is 9.82. The first-order valence-corrected chi connectivity index (χ1v) is 10.6. The summed E-state index contributed by atoms with van der Waals surface area (Å²) in [5.74, 6) is -3.49. The van der Waals surface area contributed by atoms with Crippen molar-refractivity contribution in [2.75, 3.05) is 0 Å². The molecule has 0 radical (unpaired) electrons. The Morgan fingerprint density at radius 3 is 2.20 bits per heavy atom. The number of carbonyl (C=O) groups is 2. The van der Waals surface area contributed by atoms with Crippen molar-refractivity contribution in [2.45, 2.75) is 77.0 Å². The second-order valence-electron chi connectivity index (χ2n) is 8.97. The minimum atomic E-state index is -1.21. The van der Waals surface area contributed by atoms with Gasteiger partial charge in [-0.1, -0.05) is 13.8 Å². The van der Waals surface area contributed by atoms with Crippen molar-refractivity contribution in [1.29, 1.82) is 0 Å². The number of piperidine rings is 1. The number of carbonyl (C=O) groups excluding carboxylic acids is 2. The molecule has 0 aromatic heterocycles. The van der Waals surface area contributed by atoms with E-state index in [1.807, 2.05) is 4.90 Å². The zero-order valence-electron chi connectivity index (χ0n) is 17.6. The van der Waals surface area contributed by atoms with Crippen LogP contribution in [0.4, 0.5) is 13.2 Å². The number of nitrogens with two attached hydrogens (primary N) is 1. The Morgan fingerprint density at radius 1 is 1.07 bits per heavy atom. The molecule has 2 fully saturated rings. The lowest BCUT2D eigenvalue weighted by Crippen LogP contribution is -2.55. The van der Waals surface area contributed by atoms with Crippen molar-refractivity contribution in [3.05, 3.63) is 35.1 Å². The van der Waals surface area contributed by atoms with E-state index in [4.69, 9.17) is 5.73 Å². The van der Waals surface area contributed by atoms with Gasteiger partial charge >= 0.3 is 0 Å². The van der Waals surface area contributed by atoms with E-state index in [0.717, 1.165) is 18.9 Å². The van der Waals surface area contributed by atoms with Crippen molar-refractivity contribution >= 4 is 11.8 Å². The van der Waals surface area contributed by atoms with Crippen LogP contribution in [0, 0.1) is 29.3 Å². The van der Waals surface area contributed by atoms with Gasteiger partial charge in [0.15, 0.2) is 11.6 Å². The molecule has 3 rings (SSSR count). The van der Waals surface area contributed by atoms with Crippen molar-refractivity contribution < 1.29 is 22.8 Å². The molecule has 2 heterocycles. The minimum Gasteiger partial charge on any atom is -0.344 e. The number of amides is 2. The molecule has 2 amide bonds. The molecule has 166 valence electrons. The molecule has 2 bridgehead atoms. The van der Waals surface area contributed by atoms with Gasteiger partial charge in [0.05, 0.1) is 0 Å². The molecule has 8 heteroatoms. The van der Waals surface area contributed by atoms with E-state index < -0.39 is 29.5 Å². The fourth-order valence-electron chi connectivity index (χ4n) is 4.73. The van der Waals surface area contributed by atoms with Gasteiger partial charge in [-0.25, -0.2) is 13.2 Å². The Morgan fingerprint density at radius 2 is 1.63 bits per heavy atom. The average molecular weight is 425 g/mol. The van der Waals surface area contributed by atoms with Gasteiger partial charge in [-0.15, -0.1) is 0 Å². The van der Waals surface area contributed by atoms with Gasteiger partial charge in [0.2, 0.25) is 11.8 Å². The molecule has 30 heavy (non-hydrogen) atoms. The quantitative estimate of drug-likeness (QED) is 0.689. The van der Waals surface area contributed by atoms with Gasteiger partial charge in [-0.05, 0) is 56.6 Å². The van der Waals surface area contributed by atoms with Crippen LogP contribution in [-0.2, 0) is 16.0 Å². The maximum absolute atomic E-state index is 14.0. The van der Waals surface area contributed by atoms with Crippen LogP contribution in [-0.4, -0.2) is 40.9 Å². The predicted octanol–water partition coefficient (Wildman–Crippen LogP) is 2.90. The third-order valence-electron chi connectivity index (χ3n) is 6.43. The maximum atomic E-state index is 14.0. The summed E-state index contributed by atoms with van der Waals surface area (Å²) in [5, 5.41) is 2.77. The zero-order valence-corrected chi connectivity index (χ0v) is 17.6. The van der Waals surface area contributed by atoms with Gasteiger partial charge in [0, 0.05) is 30.1 Å². The summed E-state index contributed by atoms with van der Waals surface area (Å²) in [4.78, 5) is 26.8. The lowest BCUT2D eigenvalue weighted by molar-refractivity contribution is -0.141. The molecule has 0 saturated carbocycles. The summed E-state index contributed by atoms with van der Waals surface area (Å²) >= 11 is 0. The highest BCUT2D eigenvalue weighted by molar-refractivity contribution is 5.88. The molecule has 1 aromatic carbocycles. The third kappa shape index (κ3) is 4.63. The summed E-state index contributed by atoms with van der Waals surface area (Å²) in [6.07, 6.45) is 3.20. The predicted molar refractivity (Wildman–Crippen MR) is 107 cm³/mol. The smallest absolute Gasteiger partial charge is 0.245 e. The van der Waals surface area contributed by atoms with Crippen LogP contribution in [0.1, 0.15) is 52.0 Å². The first kappa shape index (κ1) is 22.6. The Labute approximate surface area is 175 Å². The van der Waals surface area contributed by atoms with Gasteiger partial charge in [-0.3, -0.25) is 9.59 Å². The van der Waals surface area contributed by atoms with E-state index in [9.17, 15) is 22.8 Å². The van der Waals surface area contributed by atoms with Crippen LogP contribution in [0.15, 0.2) is 12.1 Å². The van der Waals surface area contributed by atoms with Crippen molar-refractivity contribution in [3.63, 3.8) is 0 Å². The molecule has 0 spiro atoms. The highest BCUT2D eigenvalue weighted by Crippen LogP contribution is 2.40. The van der Waals surface area contributed by atoms with E-state index >= 15 is 0 Å². The molecule has 2 aliphatic rings. The first-order chi connectivity index (χ1) is 14.1.